The van der Waals surface area contributed by atoms with Gasteiger partial charge in [0.2, 0.25) is 5.91 Å². The molecule has 2 aromatic carbocycles. The summed E-state index contributed by atoms with van der Waals surface area (Å²) in [6, 6.07) is 14.1. The van der Waals surface area contributed by atoms with Crippen molar-refractivity contribution in [2.24, 2.45) is 5.92 Å². The average molecular weight is 420 g/mol. The molecule has 4 rings (SSSR count). The van der Waals surface area contributed by atoms with Gasteiger partial charge < -0.3 is 14.6 Å². The molecule has 1 N–H and O–H groups in total. The molecule has 0 radical (unpaired) electrons. The van der Waals surface area contributed by atoms with Gasteiger partial charge in [0, 0.05) is 28.8 Å². The molecule has 1 fully saturated rings. The highest BCUT2D eigenvalue weighted by atomic mass is 19.1. The molecule has 160 valence electrons. The number of carbonyl (C=O) groups excluding carboxylic acids is 1. The second-order valence-corrected chi connectivity index (χ2v) is 8.49. The van der Waals surface area contributed by atoms with E-state index < -0.39 is 0 Å². The number of rotatable bonds is 5. The predicted octanol–water partition coefficient (Wildman–Crippen LogP) is 4.36. The summed E-state index contributed by atoms with van der Waals surface area (Å²) in [5.74, 6) is -0.627. The van der Waals surface area contributed by atoms with Crippen LogP contribution in [0.3, 0.4) is 0 Å². The van der Waals surface area contributed by atoms with E-state index >= 15 is 0 Å². The van der Waals surface area contributed by atoms with Crippen LogP contribution in [0, 0.1) is 23.1 Å². The molecule has 0 bridgehead atoms. The fourth-order valence-corrected chi connectivity index (χ4v) is 4.71. The van der Waals surface area contributed by atoms with Crippen LogP contribution in [0.15, 0.2) is 53.1 Å². The van der Waals surface area contributed by atoms with Gasteiger partial charge >= 0.3 is 0 Å². The molecule has 1 atom stereocenters. The molecular formula is C25H26FN3O2. The third kappa shape index (κ3) is 4.06. The summed E-state index contributed by atoms with van der Waals surface area (Å²) in [6.07, 6.45) is 3.24. The van der Waals surface area contributed by atoms with Gasteiger partial charge in [-0.2, -0.15) is 5.26 Å². The molecule has 0 saturated carbocycles. The van der Waals surface area contributed by atoms with E-state index in [1.165, 1.54) is 12.1 Å². The van der Waals surface area contributed by atoms with Crippen molar-refractivity contribution in [3.05, 3.63) is 71.2 Å². The van der Waals surface area contributed by atoms with Crippen LogP contribution in [-0.2, 0) is 16.8 Å². The lowest BCUT2D eigenvalue weighted by Gasteiger charge is -2.44. The Labute approximate surface area is 181 Å². The highest BCUT2D eigenvalue weighted by Crippen LogP contribution is 2.42. The zero-order valence-electron chi connectivity index (χ0n) is 17.8. The fraction of sp³-hybridized carbons (Fsp3) is 0.360. The molecule has 6 heteroatoms. The number of fused-ring (bicyclic) bond motifs is 1. The summed E-state index contributed by atoms with van der Waals surface area (Å²) in [5.41, 5.74) is 2.64. The number of likely N-dealkylation sites (tertiary alicyclic amines) is 1. The molecule has 1 aliphatic rings. The van der Waals surface area contributed by atoms with Crippen molar-refractivity contribution in [1.29, 1.82) is 5.26 Å². The summed E-state index contributed by atoms with van der Waals surface area (Å²) in [4.78, 5) is 15.5. The van der Waals surface area contributed by atoms with E-state index in [0.29, 0.717) is 11.1 Å². The molecule has 1 unspecified atom stereocenters. The van der Waals surface area contributed by atoms with E-state index in [2.05, 4.69) is 23.3 Å². The Morgan fingerprint density at radius 3 is 2.65 bits per heavy atom. The van der Waals surface area contributed by atoms with Crippen molar-refractivity contribution in [3.8, 4) is 6.07 Å². The third-order valence-corrected chi connectivity index (χ3v) is 6.73. The smallest absolute Gasteiger partial charge is 0.224 e. The number of amides is 1. The first-order valence-electron chi connectivity index (χ1n) is 10.6. The number of nitrogens with zero attached hydrogens (tertiary/aromatic N) is 2. The first kappa shape index (κ1) is 21.1. The first-order valence-corrected chi connectivity index (χ1v) is 10.6. The Hall–Kier alpha value is -3.17. The maximum absolute atomic E-state index is 13.6. The van der Waals surface area contributed by atoms with Gasteiger partial charge in [-0.25, -0.2) is 4.39 Å². The van der Waals surface area contributed by atoms with E-state index in [1.807, 2.05) is 25.1 Å². The normalized spacial score (nSPS) is 17.2. The zero-order valence-corrected chi connectivity index (χ0v) is 17.8. The molecule has 3 aromatic rings. The molecular weight excluding hydrogens is 393 g/mol. The van der Waals surface area contributed by atoms with Crippen molar-refractivity contribution >= 4 is 16.9 Å². The minimum absolute atomic E-state index is 0.0593. The van der Waals surface area contributed by atoms with Crippen molar-refractivity contribution in [1.82, 2.24) is 10.2 Å². The Bertz CT molecular complexity index is 1120. The Kier molecular flexibility index (Phi) is 5.79. The molecule has 2 heterocycles. The van der Waals surface area contributed by atoms with Crippen LogP contribution in [-0.4, -0.2) is 30.9 Å². The fourth-order valence-electron chi connectivity index (χ4n) is 4.71. The average Bonchev–Trinajstić information content (AvgIpc) is 3.27. The van der Waals surface area contributed by atoms with Gasteiger partial charge in [0.05, 0.1) is 17.9 Å². The Morgan fingerprint density at radius 2 is 1.97 bits per heavy atom. The monoisotopic (exact) mass is 419 g/mol. The van der Waals surface area contributed by atoms with E-state index in [-0.39, 0.29) is 29.6 Å². The van der Waals surface area contributed by atoms with Crippen LogP contribution in [0.5, 0.6) is 0 Å². The lowest BCUT2D eigenvalue weighted by atomic mass is 9.64. The number of furan rings is 1. The zero-order chi connectivity index (χ0) is 22.0. The van der Waals surface area contributed by atoms with E-state index in [0.717, 1.165) is 42.4 Å². The second-order valence-electron chi connectivity index (χ2n) is 8.49. The largest absolute Gasteiger partial charge is 0.464 e. The van der Waals surface area contributed by atoms with Crippen LogP contribution < -0.4 is 5.32 Å². The van der Waals surface area contributed by atoms with Crippen LogP contribution in [0.4, 0.5) is 4.39 Å². The van der Waals surface area contributed by atoms with E-state index in [9.17, 15) is 14.4 Å². The molecule has 0 aliphatic carbocycles. The number of carbonyl (C=O) groups is 1. The number of halogens is 1. The maximum Gasteiger partial charge on any atom is 0.224 e. The number of benzene rings is 2. The van der Waals surface area contributed by atoms with Gasteiger partial charge in [0.25, 0.3) is 0 Å². The topological polar surface area (TPSA) is 69.3 Å². The van der Waals surface area contributed by atoms with Crippen LogP contribution in [0.2, 0.25) is 0 Å². The first-order chi connectivity index (χ1) is 14.9. The summed E-state index contributed by atoms with van der Waals surface area (Å²) in [5, 5.41) is 13.2. The summed E-state index contributed by atoms with van der Waals surface area (Å²) in [6.45, 7) is 4.00. The number of nitrogens with one attached hydrogen (secondary N) is 1. The summed E-state index contributed by atoms with van der Waals surface area (Å²) < 4.78 is 19.1. The quantitative estimate of drug-likeness (QED) is 0.667. The molecule has 1 amide bonds. The van der Waals surface area contributed by atoms with E-state index in [1.54, 1.807) is 18.4 Å². The van der Waals surface area contributed by atoms with Gasteiger partial charge in [-0.15, -0.1) is 0 Å². The lowest BCUT2D eigenvalue weighted by Crippen LogP contribution is -2.49. The molecule has 0 spiro atoms. The predicted molar refractivity (Wildman–Crippen MR) is 117 cm³/mol. The minimum Gasteiger partial charge on any atom is -0.464 e. The number of hydrogen-bond donors (Lipinski definition) is 1. The van der Waals surface area contributed by atoms with Crippen LogP contribution in [0.1, 0.15) is 36.5 Å². The summed E-state index contributed by atoms with van der Waals surface area (Å²) in [7, 11) is 2.08. The molecule has 5 nitrogen and oxygen atoms in total. The summed E-state index contributed by atoms with van der Waals surface area (Å²) >= 11 is 0. The van der Waals surface area contributed by atoms with E-state index in [4.69, 9.17) is 4.42 Å². The van der Waals surface area contributed by atoms with Gasteiger partial charge in [0.15, 0.2) is 0 Å². The van der Waals surface area contributed by atoms with Gasteiger partial charge in [-0.1, -0.05) is 19.1 Å². The SMILES string of the molecule is CC(C(=O)NCc1cc(C#N)cc2ccoc12)C1(c2ccc(F)cc2)CCN(C)CC1. The van der Waals surface area contributed by atoms with Crippen molar-refractivity contribution in [2.75, 3.05) is 20.1 Å². The molecule has 31 heavy (non-hydrogen) atoms. The molecule has 1 saturated heterocycles. The number of piperidine rings is 1. The maximum atomic E-state index is 13.6. The molecule has 1 aromatic heterocycles. The number of hydrogen-bond acceptors (Lipinski definition) is 4. The highest BCUT2D eigenvalue weighted by molar-refractivity contribution is 5.84. The molecule has 1 aliphatic heterocycles. The van der Waals surface area contributed by atoms with Crippen molar-refractivity contribution in [3.63, 3.8) is 0 Å². The third-order valence-electron chi connectivity index (χ3n) is 6.73. The minimum atomic E-state index is -0.348. The lowest BCUT2D eigenvalue weighted by molar-refractivity contribution is -0.127. The highest BCUT2D eigenvalue weighted by Gasteiger charge is 2.43. The standard InChI is InChI=1S/C25H26FN3O2/c1-17(25(8-10-29(2)11-9-25)21-3-5-22(26)6-4-21)24(30)28-16-20-14-18(15-27)13-19-7-12-31-23(19)20/h3-7,12-14,17H,8-11,16H2,1-2H3,(H,28,30). The van der Waals surface area contributed by atoms with Crippen molar-refractivity contribution < 1.29 is 13.6 Å². The second kappa shape index (κ2) is 8.52. The van der Waals surface area contributed by atoms with Crippen LogP contribution >= 0.6 is 0 Å². The van der Waals surface area contributed by atoms with Gasteiger partial charge in [-0.3, -0.25) is 4.79 Å². The Balaban J connectivity index is 1.57. The number of nitriles is 1. The van der Waals surface area contributed by atoms with Crippen molar-refractivity contribution in [2.45, 2.75) is 31.7 Å². The Morgan fingerprint density at radius 1 is 1.26 bits per heavy atom. The van der Waals surface area contributed by atoms with Gasteiger partial charge in [-0.05, 0) is 68.9 Å². The van der Waals surface area contributed by atoms with Gasteiger partial charge in [0.1, 0.15) is 11.4 Å². The van der Waals surface area contributed by atoms with Crippen LogP contribution in [0.25, 0.3) is 11.0 Å².